The fourth-order valence-electron chi connectivity index (χ4n) is 3.37. The molecule has 2 aliphatic rings. The van der Waals surface area contributed by atoms with E-state index in [0.29, 0.717) is 30.4 Å². The van der Waals surface area contributed by atoms with Gasteiger partial charge in [-0.1, -0.05) is 12.1 Å². The van der Waals surface area contributed by atoms with Gasteiger partial charge in [0.15, 0.2) is 0 Å². The zero-order chi connectivity index (χ0) is 19.5. The molecular weight excluding hydrogens is 369 g/mol. The third-order valence-electron chi connectivity index (χ3n) is 4.74. The van der Waals surface area contributed by atoms with Crippen LogP contribution in [-0.4, -0.2) is 67.2 Å². The SMILES string of the molecule is COC(=O)COC1COC2C(Nc3nccc(-c4cccc(F)c4)n3)COC12. The van der Waals surface area contributed by atoms with Crippen molar-refractivity contribution in [2.45, 2.75) is 24.4 Å². The molecule has 2 fully saturated rings. The number of fused-ring (bicyclic) bond motifs is 1. The molecule has 0 aliphatic carbocycles. The average molecular weight is 389 g/mol. The number of methoxy groups -OCH3 is 1. The standard InChI is InChI=1S/C19H20FN3O5/c1-25-16(24)10-26-15-9-28-17-14(8-27-18(15)17)23-19-21-6-5-13(22-19)11-3-2-4-12(20)7-11/h2-7,14-15,17-18H,8-10H2,1H3,(H,21,22,23). The third kappa shape index (κ3) is 3.96. The van der Waals surface area contributed by atoms with Crippen LogP contribution in [0.3, 0.4) is 0 Å². The Balaban J connectivity index is 1.41. The second-order valence-corrected chi connectivity index (χ2v) is 6.55. The number of esters is 1. The molecule has 3 heterocycles. The van der Waals surface area contributed by atoms with Crippen LogP contribution in [0.4, 0.5) is 10.3 Å². The van der Waals surface area contributed by atoms with Gasteiger partial charge in [-0.05, 0) is 18.2 Å². The van der Waals surface area contributed by atoms with Crippen LogP contribution >= 0.6 is 0 Å². The van der Waals surface area contributed by atoms with Gasteiger partial charge in [-0.25, -0.2) is 19.2 Å². The van der Waals surface area contributed by atoms with Gasteiger partial charge >= 0.3 is 5.97 Å². The summed E-state index contributed by atoms with van der Waals surface area (Å²) < 4.78 is 35.2. The third-order valence-corrected chi connectivity index (χ3v) is 4.74. The Bertz CT molecular complexity index is 852. The van der Waals surface area contributed by atoms with Gasteiger partial charge in [0, 0.05) is 11.8 Å². The Labute approximate surface area is 161 Å². The zero-order valence-electron chi connectivity index (χ0n) is 15.2. The van der Waals surface area contributed by atoms with Gasteiger partial charge in [-0.2, -0.15) is 0 Å². The van der Waals surface area contributed by atoms with Crippen molar-refractivity contribution in [2.75, 3.05) is 32.2 Å². The van der Waals surface area contributed by atoms with Crippen molar-refractivity contribution in [3.8, 4) is 11.3 Å². The lowest BCUT2D eigenvalue weighted by Crippen LogP contribution is -2.37. The minimum atomic E-state index is -0.446. The molecule has 148 valence electrons. The fourth-order valence-corrected chi connectivity index (χ4v) is 3.37. The Hall–Kier alpha value is -2.62. The van der Waals surface area contributed by atoms with Gasteiger partial charge in [-0.3, -0.25) is 0 Å². The summed E-state index contributed by atoms with van der Waals surface area (Å²) in [7, 11) is 1.31. The largest absolute Gasteiger partial charge is 0.467 e. The molecule has 4 unspecified atom stereocenters. The molecular formula is C19H20FN3O5. The predicted octanol–water partition coefficient (Wildman–Crippen LogP) is 1.42. The highest BCUT2D eigenvalue weighted by atomic mass is 19.1. The van der Waals surface area contributed by atoms with Crippen molar-refractivity contribution < 1.29 is 28.1 Å². The van der Waals surface area contributed by atoms with Crippen LogP contribution in [0.25, 0.3) is 11.3 Å². The molecule has 2 aromatic rings. The second kappa shape index (κ2) is 8.17. The van der Waals surface area contributed by atoms with E-state index in [1.54, 1.807) is 24.4 Å². The molecule has 0 radical (unpaired) electrons. The first-order valence-corrected chi connectivity index (χ1v) is 8.91. The minimum absolute atomic E-state index is 0.145. The summed E-state index contributed by atoms with van der Waals surface area (Å²) in [6.07, 6.45) is 0.744. The number of carbonyl (C=O) groups excluding carboxylic acids is 1. The molecule has 2 saturated heterocycles. The maximum absolute atomic E-state index is 13.5. The molecule has 0 amide bonds. The van der Waals surface area contributed by atoms with E-state index in [0.717, 1.165) is 0 Å². The van der Waals surface area contributed by atoms with Crippen LogP contribution in [0.2, 0.25) is 0 Å². The Morgan fingerprint density at radius 3 is 2.96 bits per heavy atom. The van der Waals surface area contributed by atoms with Crippen molar-refractivity contribution >= 4 is 11.9 Å². The van der Waals surface area contributed by atoms with Crippen LogP contribution in [0.1, 0.15) is 0 Å². The highest BCUT2D eigenvalue weighted by Crippen LogP contribution is 2.30. The second-order valence-electron chi connectivity index (χ2n) is 6.55. The molecule has 1 aromatic carbocycles. The van der Waals surface area contributed by atoms with Crippen LogP contribution in [0.5, 0.6) is 0 Å². The van der Waals surface area contributed by atoms with E-state index < -0.39 is 5.97 Å². The molecule has 4 atom stereocenters. The van der Waals surface area contributed by atoms with E-state index in [1.807, 2.05) is 0 Å². The van der Waals surface area contributed by atoms with Crippen LogP contribution in [0.15, 0.2) is 36.5 Å². The molecule has 0 bridgehead atoms. The van der Waals surface area contributed by atoms with Crippen LogP contribution in [0, 0.1) is 5.82 Å². The number of anilines is 1. The number of rotatable bonds is 6. The summed E-state index contributed by atoms with van der Waals surface area (Å²) in [5, 5.41) is 3.22. The molecule has 0 saturated carbocycles. The number of nitrogens with one attached hydrogen (secondary N) is 1. The summed E-state index contributed by atoms with van der Waals surface area (Å²) in [5.41, 5.74) is 1.28. The van der Waals surface area contributed by atoms with Gasteiger partial charge in [0.05, 0.1) is 32.1 Å². The number of aromatic nitrogens is 2. The van der Waals surface area contributed by atoms with Crippen molar-refractivity contribution in [3.63, 3.8) is 0 Å². The number of benzene rings is 1. The lowest BCUT2D eigenvalue weighted by molar-refractivity contribution is -0.149. The Morgan fingerprint density at radius 2 is 2.14 bits per heavy atom. The van der Waals surface area contributed by atoms with E-state index in [2.05, 4.69) is 20.0 Å². The maximum Gasteiger partial charge on any atom is 0.331 e. The van der Waals surface area contributed by atoms with Crippen molar-refractivity contribution in [1.29, 1.82) is 0 Å². The summed E-state index contributed by atoms with van der Waals surface area (Å²) >= 11 is 0. The Morgan fingerprint density at radius 1 is 1.29 bits per heavy atom. The van der Waals surface area contributed by atoms with Crippen molar-refractivity contribution in [1.82, 2.24) is 9.97 Å². The summed E-state index contributed by atoms with van der Waals surface area (Å²) in [4.78, 5) is 19.9. The zero-order valence-corrected chi connectivity index (χ0v) is 15.2. The minimum Gasteiger partial charge on any atom is -0.467 e. The summed E-state index contributed by atoms with van der Waals surface area (Å²) in [6, 6.07) is 7.78. The van der Waals surface area contributed by atoms with E-state index >= 15 is 0 Å². The van der Waals surface area contributed by atoms with Gasteiger partial charge in [0.1, 0.15) is 30.7 Å². The molecule has 4 rings (SSSR count). The molecule has 8 nitrogen and oxygen atoms in total. The number of ether oxygens (including phenoxy) is 4. The highest BCUT2D eigenvalue weighted by Gasteiger charge is 2.48. The fraction of sp³-hybridized carbons (Fsp3) is 0.421. The number of nitrogens with zero attached hydrogens (tertiary/aromatic N) is 2. The van der Waals surface area contributed by atoms with Gasteiger partial charge in [0.25, 0.3) is 0 Å². The highest BCUT2D eigenvalue weighted by molar-refractivity contribution is 5.70. The smallest absolute Gasteiger partial charge is 0.331 e. The molecule has 2 aliphatic heterocycles. The number of hydrogen-bond acceptors (Lipinski definition) is 8. The molecule has 0 spiro atoms. The molecule has 1 aromatic heterocycles. The van der Waals surface area contributed by atoms with Crippen molar-refractivity contribution in [3.05, 3.63) is 42.3 Å². The quantitative estimate of drug-likeness (QED) is 0.742. The van der Waals surface area contributed by atoms with Gasteiger partial charge in [0.2, 0.25) is 5.95 Å². The molecule has 9 heteroatoms. The van der Waals surface area contributed by atoms with Crippen molar-refractivity contribution in [2.24, 2.45) is 0 Å². The first-order chi connectivity index (χ1) is 13.6. The van der Waals surface area contributed by atoms with Gasteiger partial charge < -0.3 is 24.3 Å². The molecule has 1 N–H and O–H groups in total. The monoisotopic (exact) mass is 389 g/mol. The van der Waals surface area contributed by atoms with E-state index in [1.165, 1.54) is 19.2 Å². The normalized spacial score (nSPS) is 26.1. The summed E-state index contributed by atoms with van der Waals surface area (Å²) in [5.74, 6) is -0.368. The Kier molecular flexibility index (Phi) is 5.47. The van der Waals surface area contributed by atoms with E-state index in [-0.39, 0.29) is 36.8 Å². The first-order valence-electron chi connectivity index (χ1n) is 8.91. The topological polar surface area (TPSA) is 91.8 Å². The van der Waals surface area contributed by atoms with Gasteiger partial charge in [-0.15, -0.1) is 0 Å². The van der Waals surface area contributed by atoms with Crippen LogP contribution < -0.4 is 5.32 Å². The number of carbonyl (C=O) groups is 1. The maximum atomic E-state index is 13.5. The van der Waals surface area contributed by atoms with E-state index in [9.17, 15) is 9.18 Å². The first kappa shape index (κ1) is 18.7. The lowest BCUT2D eigenvalue weighted by atomic mass is 10.1. The predicted molar refractivity (Wildman–Crippen MR) is 96.1 cm³/mol. The van der Waals surface area contributed by atoms with Crippen LogP contribution in [-0.2, 0) is 23.7 Å². The molecule has 28 heavy (non-hydrogen) atoms. The lowest BCUT2D eigenvalue weighted by Gasteiger charge is -2.18. The summed E-state index contributed by atoms with van der Waals surface area (Å²) in [6.45, 7) is 0.573. The van der Waals surface area contributed by atoms with E-state index in [4.69, 9.17) is 14.2 Å². The number of halogens is 1. The average Bonchev–Trinajstić information content (AvgIpc) is 3.29. The number of hydrogen-bond donors (Lipinski definition) is 1.